The Morgan fingerprint density at radius 3 is 2.81 bits per heavy atom. The summed E-state index contributed by atoms with van der Waals surface area (Å²) in [5.41, 5.74) is 7.79. The summed E-state index contributed by atoms with van der Waals surface area (Å²) in [5, 5.41) is 8.90. The van der Waals surface area contributed by atoms with E-state index in [1.165, 1.54) is 0 Å². The van der Waals surface area contributed by atoms with Crippen LogP contribution in [0.3, 0.4) is 0 Å². The molecule has 0 spiro atoms. The van der Waals surface area contributed by atoms with E-state index >= 15 is 0 Å². The van der Waals surface area contributed by atoms with Crippen LogP contribution in [0.25, 0.3) is 21.9 Å². The Labute approximate surface area is 92.1 Å². The van der Waals surface area contributed by atoms with E-state index in [2.05, 4.69) is 21.2 Å². The molecule has 0 bridgehead atoms. The van der Waals surface area contributed by atoms with Crippen molar-refractivity contribution in [1.82, 2.24) is 15.2 Å². The highest BCUT2D eigenvalue weighted by atomic mass is 15.1. The van der Waals surface area contributed by atoms with Crippen molar-refractivity contribution in [3.8, 4) is 11.1 Å². The molecule has 0 aliphatic rings. The Balaban J connectivity index is 2.36. The van der Waals surface area contributed by atoms with E-state index in [-0.39, 0.29) is 0 Å². The van der Waals surface area contributed by atoms with Gasteiger partial charge in [0.1, 0.15) is 5.82 Å². The zero-order valence-corrected chi connectivity index (χ0v) is 8.51. The summed E-state index contributed by atoms with van der Waals surface area (Å²) in [4.78, 5) is 4.14. The van der Waals surface area contributed by atoms with Gasteiger partial charge in [-0.1, -0.05) is 18.2 Å². The molecule has 0 aliphatic carbocycles. The number of aromatic amines is 1. The fourth-order valence-electron chi connectivity index (χ4n) is 1.86. The van der Waals surface area contributed by atoms with Crippen molar-refractivity contribution < 1.29 is 0 Å². The number of rotatable bonds is 1. The predicted octanol–water partition coefficient (Wildman–Crippen LogP) is 2.21. The third-order valence-corrected chi connectivity index (χ3v) is 2.64. The van der Waals surface area contributed by atoms with Gasteiger partial charge in [-0.25, -0.2) is 0 Å². The van der Waals surface area contributed by atoms with Crippen molar-refractivity contribution in [3.63, 3.8) is 0 Å². The quantitative estimate of drug-likeness (QED) is 0.647. The molecule has 0 aliphatic heterocycles. The molecule has 2 aromatic heterocycles. The fourth-order valence-corrected chi connectivity index (χ4v) is 1.86. The second kappa shape index (κ2) is 3.34. The van der Waals surface area contributed by atoms with Crippen molar-refractivity contribution in [2.75, 3.05) is 5.73 Å². The van der Waals surface area contributed by atoms with Gasteiger partial charge in [-0.2, -0.15) is 5.10 Å². The molecule has 4 nitrogen and oxygen atoms in total. The lowest BCUT2D eigenvalue weighted by molar-refractivity contribution is 1.10. The average Bonchev–Trinajstić information content (AvgIpc) is 2.75. The maximum absolute atomic E-state index is 5.83. The maximum atomic E-state index is 5.83. The van der Waals surface area contributed by atoms with Crippen LogP contribution in [0, 0.1) is 0 Å². The van der Waals surface area contributed by atoms with E-state index in [9.17, 15) is 0 Å². The SMILES string of the molecule is Nc1[nH]ncc1-c1cccc2ccncc12. The molecule has 3 N–H and O–H groups in total. The summed E-state index contributed by atoms with van der Waals surface area (Å²) in [6.45, 7) is 0. The smallest absolute Gasteiger partial charge is 0.126 e. The molecular formula is C12H10N4. The standard InChI is InChI=1S/C12H10N4/c13-12-11(7-15-16-12)9-3-1-2-8-4-5-14-6-10(8)9/h1-7H,(H3,13,15,16). The second-order valence-electron chi connectivity index (χ2n) is 3.60. The van der Waals surface area contributed by atoms with Gasteiger partial charge in [-0.3, -0.25) is 10.1 Å². The molecule has 2 heterocycles. The first-order chi connectivity index (χ1) is 7.86. The Hall–Kier alpha value is -2.36. The highest BCUT2D eigenvalue weighted by Gasteiger charge is 2.07. The van der Waals surface area contributed by atoms with Gasteiger partial charge in [0.05, 0.1) is 6.20 Å². The molecule has 0 fully saturated rings. The minimum absolute atomic E-state index is 0.580. The summed E-state index contributed by atoms with van der Waals surface area (Å²) in [5.74, 6) is 0.580. The third-order valence-electron chi connectivity index (χ3n) is 2.64. The van der Waals surface area contributed by atoms with Crippen LogP contribution >= 0.6 is 0 Å². The van der Waals surface area contributed by atoms with E-state index in [0.717, 1.165) is 21.9 Å². The molecule has 78 valence electrons. The van der Waals surface area contributed by atoms with E-state index in [0.29, 0.717) is 5.82 Å². The first-order valence-electron chi connectivity index (χ1n) is 4.98. The molecule has 1 aromatic carbocycles. The van der Waals surface area contributed by atoms with Gasteiger partial charge < -0.3 is 5.73 Å². The van der Waals surface area contributed by atoms with Gasteiger partial charge in [0, 0.05) is 23.3 Å². The molecule has 0 unspecified atom stereocenters. The van der Waals surface area contributed by atoms with Crippen molar-refractivity contribution in [1.29, 1.82) is 0 Å². The number of hydrogen-bond acceptors (Lipinski definition) is 3. The Morgan fingerprint density at radius 1 is 1.06 bits per heavy atom. The van der Waals surface area contributed by atoms with E-state index in [4.69, 9.17) is 5.73 Å². The molecular weight excluding hydrogens is 200 g/mol. The zero-order chi connectivity index (χ0) is 11.0. The number of hydrogen-bond donors (Lipinski definition) is 2. The molecule has 0 saturated heterocycles. The number of nitrogen functional groups attached to an aromatic ring is 1. The molecule has 0 atom stereocenters. The van der Waals surface area contributed by atoms with Crippen molar-refractivity contribution >= 4 is 16.6 Å². The monoisotopic (exact) mass is 210 g/mol. The summed E-state index contributed by atoms with van der Waals surface area (Å²) in [6, 6.07) is 8.06. The molecule has 4 heteroatoms. The number of benzene rings is 1. The van der Waals surface area contributed by atoms with Crippen molar-refractivity contribution in [2.45, 2.75) is 0 Å². The lowest BCUT2D eigenvalue weighted by Crippen LogP contribution is -1.88. The second-order valence-corrected chi connectivity index (χ2v) is 3.60. The average molecular weight is 210 g/mol. The first kappa shape index (κ1) is 8.91. The molecule has 16 heavy (non-hydrogen) atoms. The number of nitrogens with zero attached hydrogens (tertiary/aromatic N) is 2. The Morgan fingerprint density at radius 2 is 2.00 bits per heavy atom. The van der Waals surface area contributed by atoms with E-state index < -0.39 is 0 Å². The number of aromatic nitrogens is 3. The van der Waals surface area contributed by atoms with Crippen LogP contribution in [0.5, 0.6) is 0 Å². The normalized spacial score (nSPS) is 10.8. The van der Waals surface area contributed by atoms with Crippen LogP contribution in [-0.2, 0) is 0 Å². The summed E-state index contributed by atoms with van der Waals surface area (Å²) in [6.07, 6.45) is 5.36. The zero-order valence-electron chi connectivity index (χ0n) is 8.51. The van der Waals surface area contributed by atoms with Gasteiger partial charge in [-0.15, -0.1) is 0 Å². The van der Waals surface area contributed by atoms with Gasteiger partial charge in [0.15, 0.2) is 0 Å². The third kappa shape index (κ3) is 1.24. The first-order valence-corrected chi connectivity index (χ1v) is 4.98. The van der Waals surface area contributed by atoms with Crippen LogP contribution in [0.4, 0.5) is 5.82 Å². The Bertz CT molecular complexity index is 637. The molecule has 3 rings (SSSR count). The number of anilines is 1. The lowest BCUT2D eigenvalue weighted by Gasteiger charge is -2.04. The number of nitrogens with two attached hydrogens (primary N) is 1. The van der Waals surface area contributed by atoms with E-state index in [1.807, 2.05) is 24.4 Å². The largest absolute Gasteiger partial charge is 0.384 e. The van der Waals surface area contributed by atoms with E-state index in [1.54, 1.807) is 12.4 Å². The molecule has 0 saturated carbocycles. The van der Waals surface area contributed by atoms with Crippen LogP contribution in [0.15, 0.2) is 42.9 Å². The van der Waals surface area contributed by atoms with Gasteiger partial charge in [0.2, 0.25) is 0 Å². The van der Waals surface area contributed by atoms with Crippen LogP contribution in [0.2, 0.25) is 0 Å². The topological polar surface area (TPSA) is 67.6 Å². The van der Waals surface area contributed by atoms with Crippen LogP contribution in [0.1, 0.15) is 0 Å². The van der Waals surface area contributed by atoms with Crippen LogP contribution in [-0.4, -0.2) is 15.2 Å². The molecule has 3 aromatic rings. The van der Waals surface area contributed by atoms with Gasteiger partial charge in [0.25, 0.3) is 0 Å². The summed E-state index contributed by atoms with van der Waals surface area (Å²) in [7, 11) is 0. The lowest BCUT2D eigenvalue weighted by atomic mass is 10.0. The Kier molecular flexibility index (Phi) is 1.86. The van der Waals surface area contributed by atoms with Crippen molar-refractivity contribution in [2.24, 2.45) is 0 Å². The summed E-state index contributed by atoms with van der Waals surface area (Å²) < 4.78 is 0. The number of fused-ring (bicyclic) bond motifs is 1. The van der Waals surface area contributed by atoms with Crippen LogP contribution < -0.4 is 5.73 Å². The highest BCUT2D eigenvalue weighted by Crippen LogP contribution is 2.30. The number of H-pyrrole nitrogens is 1. The van der Waals surface area contributed by atoms with Crippen molar-refractivity contribution in [3.05, 3.63) is 42.9 Å². The molecule has 0 radical (unpaired) electrons. The predicted molar refractivity (Wildman–Crippen MR) is 63.7 cm³/mol. The number of nitrogens with one attached hydrogen (secondary N) is 1. The minimum atomic E-state index is 0.580. The van der Waals surface area contributed by atoms with Gasteiger partial charge >= 0.3 is 0 Å². The fraction of sp³-hybridized carbons (Fsp3) is 0. The summed E-state index contributed by atoms with van der Waals surface area (Å²) >= 11 is 0. The minimum Gasteiger partial charge on any atom is -0.384 e. The number of pyridine rings is 1. The van der Waals surface area contributed by atoms with Gasteiger partial charge in [-0.05, 0) is 17.0 Å². The molecule has 0 amide bonds. The maximum Gasteiger partial charge on any atom is 0.126 e. The highest BCUT2D eigenvalue weighted by molar-refractivity contribution is 5.97.